The van der Waals surface area contributed by atoms with Crippen molar-refractivity contribution in [3.05, 3.63) is 45.9 Å². The van der Waals surface area contributed by atoms with Crippen molar-refractivity contribution in [2.45, 2.75) is 33.3 Å². The van der Waals surface area contributed by atoms with Crippen LogP contribution in [0.25, 0.3) is 15.9 Å². The number of ether oxygens (including phenoxy) is 2. The molecule has 27 heavy (non-hydrogen) atoms. The first-order valence-electron chi connectivity index (χ1n) is 8.29. The summed E-state index contributed by atoms with van der Waals surface area (Å²) in [6.07, 6.45) is 0. The molecule has 0 aliphatic heterocycles. The first kappa shape index (κ1) is 19.4. The monoisotopic (exact) mass is 406 g/mol. The first-order chi connectivity index (χ1) is 12.7. The number of carbonyl (C=O) groups is 2. The lowest BCUT2D eigenvalue weighted by Crippen LogP contribution is -2.27. The summed E-state index contributed by atoms with van der Waals surface area (Å²) in [6, 6.07) is 9.06. The maximum Gasteiger partial charge on any atom is 0.348 e. The largest absolute Gasteiger partial charge is 0.457 e. The number of hydrogen-bond donors (Lipinski definition) is 0. The average molecular weight is 407 g/mol. The fourth-order valence-electron chi connectivity index (χ4n) is 2.50. The lowest BCUT2D eigenvalue weighted by molar-refractivity contribution is -0.158. The van der Waals surface area contributed by atoms with Crippen molar-refractivity contribution in [3.8, 4) is 5.69 Å². The van der Waals surface area contributed by atoms with E-state index in [1.165, 1.54) is 11.3 Å². The van der Waals surface area contributed by atoms with E-state index >= 15 is 0 Å². The number of benzene rings is 1. The molecule has 0 unspecified atom stereocenters. The smallest absolute Gasteiger partial charge is 0.348 e. The summed E-state index contributed by atoms with van der Waals surface area (Å²) >= 11 is 7.51. The minimum Gasteiger partial charge on any atom is -0.457 e. The molecule has 0 radical (unpaired) electrons. The maximum absolute atomic E-state index is 12.3. The van der Waals surface area contributed by atoms with Crippen LogP contribution in [0.3, 0.4) is 0 Å². The molecule has 2 heterocycles. The third kappa shape index (κ3) is 4.31. The third-order valence-electron chi connectivity index (χ3n) is 3.57. The van der Waals surface area contributed by atoms with Gasteiger partial charge in [-0.3, -0.25) is 0 Å². The number of rotatable bonds is 4. The number of fused-ring (bicyclic) bond motifs is 1. The van der Waals surface area contributed by atoms with Gasteiger partial charge in [0.25, 0.3) is 0 Å². The van der Waals surface area contributed by atoms with Crippen LogP contribution < -0.4 is 0 Å². The summed E-state index contributed by atoms with van der Waals surface area (Å²) in [5.74, 6) is -1.16. The Morgan fingerprint density at radius 3 is 2.63 bits per heavy atom. The minimum absolute atomic E-state index is 0.384. The topological polar surface area (TPSA) is 70.4 Å². The number of halogens is 1. The molecule has 8 heteroatoms. The predicted molar refractivity (Wildman–Crippen MR) is 105 cm³/mol. The SMILES string of the molecule is Cc1nn(-c2ccccc2Cl)c2sc(C(=O)OCC(=O)OC(C)(C)C)cc12. The molecule has 0 fully saturated rings. The van der Waals surface area contributed by atoms with Crippen LogP contribution in [-0.4, -0.2) is 33.9 Å². The Balaban J connectivity index is 1.83. The van der Waals surface area contributed by atoms with Crippen LogP contribution in [0, 0.1) is 6.92 Å². The highest BCUT2D eigenvalue weighted by atomic mass is 35.5. The number of hydrogen-bond acceptors (Lipinski definition) is 6. The van der Waals surface area contributed by atoms with E-state index in [4.69, 9.17) is 21.1 Å². The molecule has 0 saturated carbocycles. The van der Waals surface area contributed by atoms with Crippen LogP contribution in [0.5, 0.6) is 0 Å². The molecule has 3 rings (SSSR count). The summed E-state index contributed by atoms with van der Waals surface area (Å²) < 4.78 is 11.9. The molecule has 142 valence electrons. The highest BCUT2D eigenvalue weighted by molar-refractivity contribution is 7.20. The van der Waals surface area contributed by atoms with E-state index in [9.17, 15) is 9.59 Å². The molecule has 1 aromatic carbocycles. The number of thiophene rings is 1. The van der Waals surface area contributed by atoms with Crippen molar-refractivity contribution in [2.75, 3.05) is 6.61 Å². The van der Waals surface area contributed by atoms with Gasteiger partial charge in [0.05, 0.1) is 16.4 Å². The highest BCUT2D eigenvalue weighted by Gasteiger charge is 2.21. The van der Waals surface area contributed by atoms with Gasteiger partial charge >= 0.3 is 11.9 Å². The summed E-state index contributed by atoms with van der Waals surface area (Å²) in [7, 11) is 0. The molecule has 3 aromatic rings. The van der Waals surface area contributed by atoms with Crippen molar-refractivity contribution in [2.24, 2.45) is 0 Å². The van der Waals surface area contributed by atoms with E-state index in [0.717, 1.165) is 21.6 Å². The molecule has 0 N–H and O–H groups in total. The molecule has 0 aliphatic rings. The van der Waals surface area contributed by atoms with Gasteiger partial charge in [0.1, 0.15) is 15.3 Å². The van der Waals surface area contributed by atoms with E-state index in [2.05, 4.69) is 5.10 Å². The second-order valence-electron chi connectivity index (χ2n) is 6.94. The Morgan fingerprint density at radius 2 is 1.96 bits per heavy atom. The Bertz CT molecular complexity index is 1020. The first-order valence-corrected chi connectivity index (χ1v) is 9.48. The zero-order valence-electron chi connectivity index (χ0n) is 15.4. The van der Waals surface area contributed by atoms with E-state index in [1.807, 2.05) is 25.1 Å². The molecule has 6 nitrogen and oxygen atoms in total. The molecule has 0 atom stereocenters. The number of aromatic nitrogens is 2. The standard InChI is InChI=1S/C19H19ClN2O4S/c1-11-12-9-15(18(24)25-10-16(23)26-19(2,3)4)27-17(12)22(21-11)14-8-6-5-7-13(14)20/h5-9H,10H2,1-4H3. The van der Waals surface area contributed by atoms with Crippen LogP contribution in [-0.2, 0) is 14.3 Å². The molecule has 2 aromatic heterocycles. The predicted octanol–water partition coefficient (Wildman–Crippen LogP) is 4.55. The van der Waals surface area contributed by atoms with Gasteiger partial charge in [-0.2, -0.15) is 5.10 Å². The van der Waals surface area contributed by atoms with Gasteiger partial charge in [-0.15, -0.1) is 11.3 Å². The summed E-state index contributed by atoms with van der Waals surface area (Å²) in [4.78, 5) is 25.2. The van der Waals surface area contributed by atoms with E-state index < -0.39 is 24.1 Å². The molecule has 0 bridgehead atoms. The maximum atomic E-state index is 12.3. The molecule has 0 aliphatic carbocycles. The van der Waals surface area contributed by atoms with Crippen molar-refractivity contribution >= 4 is 45.1 Å². The lowest BCUT2D eigenvalue weighted by atomic mass is 10.2. The second-order valence-corrected chi connectivity index (χ2v) is 8.38. The summed E-state index contributed by atoms with van der Waals surface area (Å²) in [6.45, 7) is 6.68. The van der Waals surface area contributed by atoms with Crippen molar-refractivity contribution in [1.29, 1.82) is 0 Å². The van der Waals surface area contributed by atoms with Crippen LogP contribution in [0.15, 0.2) is 30.3 Å². The quantitative estimate of drug-likeness (QED) is 0.594. The molecular weight excluding hydrogens is 388 g/mol. The summed E-state index contributed by atoms with van der Waals surface area (Å²) in [5.41, 5.74) is 0.872. The number of esters is 2. The summed E-state index contributed by atoms with van der Waals surface area (Å²) in [5, 5.41) is 5.91. The van der Waals surface area contributed by atoms with Gasteiger partial charge < -0.3 is 9.47 Å². The Labute approximate surface area is 165 Å². The van der Waals surface area contributed by atoms with Gasteiger partial charge in [0, 0.05) is 5.39 Å². The number of nitrogens with zero attached hydrogens (tertiary/aromatic N) is 2. The number of carbonyl (C=O) groups excluding carboxylic acids is 2. The van der Waals surface area contributed by atoms with Crippen LogP contribution in [0.4, 0.5) is 0 Å². The molecular formula is C19H19ClN2O4S. The normalized spacial score (nSPS) is 11.6. The number of aryl methyl sites for hydroxylation is 1. The Hall–Kier alpha value is -2.38. The van der Waals surface area contributed by atoms with Gasteiger partial charge in [0.15, 0.2) is 6.61 Å². The van der Waals surface area contributed by atoms with Gasteiger partial charge in [-0.25, -0.2) is 14.3 Å². The Kier molecular flexibility index (Phi) is 5.26. The van der Waals surface area contributed by atoms with E-state index in [1.54, 1.807) is 37.6 Å². The minimum atomic E-state index is -0.628. The Morgan fingerprint density at radius 1 is 1.26 bits per heavy atom. The van der Waals surface area contributed by atoms with Crippen molar-refractivity contribution in [3.63, 3.8) is 0 Å². The van der Waals surface area contributed by atoms with Gasteiger partial charge in [-0.1, -0.05) is 23.7 Å². The van der Waals surface area contributed by atoms with Crippen LogP contribution in [0.2, 0.25) is 5.02 Å². The molecule has 0 spiro atoms. The van der Waals surface area contributed by atoms with Crippen molar-refractivity contribution in [1.82, 2.24) is 9.78 Å². The third-order valence-corrected chi connectivity index (χ3v) is 4.98. The van der Waals surface area contributed by atoms with Gasteiger partial charge in [0.2, 0.25) is 0 Å². The van der Waals surface area contributed by atoms with Crippen molar-refractivity contribution < 1.29 is 19.1 Å². The zero-order valence-corrected chi connectivity index (χ0v) is 17.0. The molecule has 0 saturated heterocycles. The zero-order chi connectivity index (χ0) is 19.8. The lowest BCUT2D eigenvalue weighted by Gasteiger charge is -2.19. The van der Waals surface area contributed by atoms with Gasteiger partial charge in [-0.05, 0) is 45.9 Å². The van der Waals surface area contributed by atoms with Crippen LogP contribution >= 0.6 is 22.9 Å². The fourth-order valence-corrected chi connectivity index (χ4v) is 3.79. The average Bonchev–Trinajstić information content (AvgIpc) is 3.13. The fraction of sp³-hybridized carbons (Fsp3) is 0.316. The number of para-hydroxylation sites is 1. The van der Waals surface area contributed by atoms with E-state index in [0.29, 0.717) is 9.90 Å². The van der Waals surface area contributed by atoms with E-state index in [-0.39, 0.29) is 0 Å². The molecule has 0 amide bonds. The highest BCUT2D eigenvalue weighted by Crippen LogP contribution is 2.32. The second kappa shape index (κ2) is 7.32. The van der Waals surface area contributed by atoms with Crippen LogP contribution in [0.1, 0.15) is 36.1 Å².